The molecule has 1 aromatic rings. The minimum atomic E-state index is -0.0347. The molecule has 0 saturated heterocycles. The maximum Gasteiger partial charge on any atom is 0.258 e. The van der Waals surface area contributed by atoms with Crippen LogP contribution in [0.4, 0.5) is 5.69 Å². The molecule has 2 rings (SSSR count). The lowest BCUT2D eigenvalue weighted by Gasteiger charge is -2.23. The Morgan fingerprint density at radius 2 is 1.85 bits per heavy atom. The fourth-order valence-corrected chi connectivity index (χ4v) is 2.87. The lowest BCUT2D eigenvalue weighted by Crippen LogP contribution is -2.39. The highest BCUT2D eigenvalue weighted by Crippen LogP contribution is 2.25. The Labute approximate surface area is 120 Å². The van der Waals surface area contributed by atoms with Gasteiger partial charge < -0.3 is 15.8 Å². The summed E-state index contributed by atoms with van der Waals surface area (Å²) >= 11 is 0. The smallest absolute Gasteiger partial charge is 0.258 e. The van der Waals surface area contributed by atoms with Gasteiger partial charge in [0.1, 0.15) is 5.75 Å². The van der Waals surface area contributed by atoms with Gasteiger partial charge in [0, 0.05) is 11.7 Å². The van der Waals surface area contributed by atoms with Crippen molar-refractivity contribution in [2.24, 2.45) is 0 Å². The van der Waals surface area contributed by atoms with Gasteiger partial charge in [0.2, 0.25) is 0 Å². The van der Waals surface area contributed by atoms with Crippen molar-refractivity contribution in [2.45, 2.75) is 52.0 Å². The molecule has 1 saturated carbocycles. The van der Waals surface area contributed by atoms with E-state index in [-0.39, 0.29) is 12.5 Å². The fourth-order valence-electron chi connectivity index (χ4n) is 2.87. The predicted octanol–water partition coefficient (Wildman–Crippen LogP) is 2.71. The summed E-state index contributed by atoms with van der Waals surface area (Å²) in [6.07, 6.45) is 5.88. The third-order valence-electron chi connectivity index (χ3n) is 3.80. The minimum absolute atomic E-state index is 0.0347. The molecule has 0 atom stereocenters. The van der Waals surface area contributed by atoms with Gasteiger partial charge in [-0.3, -0.25) is 4.79 Å². The van der Waals surface area contributed by atoms with Gasteiger partial charge in [0.15, 0.2) is 6.61 Å². The van der Waals surface area contributed by atoms with Crippen LogP contribution in [-0.2, 0) is 4.79 Å². The standard InChI is InChI=1S/C16H24N2O2/c1-11-8-13(17)9-12(2)16(11)20-10-15(19)18-14-6-4-3-5-7-14/h8-9,14H,3-7,10,17H2,1-2H3,(H,18,19). The van der Waals surface area contributed by atoms with Crippen LogP contribution in [0.5, 0.6) is 5.75 Å². The summed E-state index contributed by atoms with van der Waals surface area (Å²) in [5.41, 5.74) is 8.43. The number of nitrogens with two attached hydrogens (primary N) is 1. The first-order chi connectivity index (χ1) is 9.56. The van der Waals surface area contributed by atoms with Crippen LogP contribution in [0.1, 0.15) is 43.2 Å². The molecule has 1 aromatic carbocycles. The number of ether oxygens (including phenoxy) is 1. The Kier molecular flexibility index (Phi) is 4.88. The third-order valence-corrected chi connectivity index (χ3v) is 3.80. The van der Waals surface area contributed by atoms with Gasteiger partial charge in [-0.15, -0.1) is 0 Å². The molecule has 20 heavy (non-hydrogen) atoms. The van der Waals surface area contributed by atoms with E-state index in [1.807, 2.05) is 26.0 Å². The molecular formula is C16H24N2O2. The van der Waals surface area contributed by atoms with Gasteiger partial charge >= 0.3 is 0 Å². The zero-order chi connectivity index (χ0) is 14.5. The maximum atomic E-state index is 11.9. The second-order valence-corrected chi connectivity index (χ2v) is 5.67. The van der Waals surface area contributed by atoms with Gasteiger partial charge in [0.05, 0.1) is 0 Å². The van der Waals surface area contributed by atoms with Gasteiger partial charge in [-0.2, -0.15) is 0 Å². The maximum absolute atomic E-state index is 11.9. The van der Waals surface area contributed by atoms with Gasteiger partial charge in [-0.05, 0) is 49.9 Å². The molecule has 1 amide bonds. The molecule has 4 heteroatoms. The molecule has 110 valence electrons. The van der Waals surface area contributed by atoms with E-state index < -0.39 is 0 Å². The summed E-state index contributed by atoms with van der Waals surface area (Å²) in [6, 6.07) is 4.05. The first-order valence-corrected chi connectivity index (χ1v) is 7.35. The highest BCUT2D eigenvalue weighted by molar-refractivity contribution is 5.78. The second kappa shape index (κ2) is 6.64. The summed E-state index contributed by atoms with van der Waals surface area (Å²) in [6.45, 7) is 3.96. The van der Waals surface area contributed by atoms with E-state index in [9.17, 15) is 4.79 Å². The largest absolute Gasteiger partial charge is 0.483 e. The van der Waals surface area contributed by atoms with E-state index in [0.717, 1.165) is 35.4 Å². The number of carbonyl (C=O) groups is 1. The molecule has 1 fully saturated rings. The van der Waals surface area contributed by atoms with Crippen molar-refractivity contribution >= 4 is 11.6 Å². The van der Waals surface area contributed by atoms with Crippen molar-refractivity contribution in [1.82, 2.24) is 5.32 Å². The number of carbonyl (C=O) groups excluding carboxylic acids is 1. The van der Waals surface area contributed by atoms with E-state index in [1.165, 1.54) is 19.3 Å². The molecule has 3 N–H and O–H groups in total. The SMILES string of the molecule is Cc1cc(N)cc(C)c1OCC(=O)NC1CCCCC1. The van der Waals surface area contributed by atoms with Crippen molar-refractivity contribution in [3.8, 4) is 5.75 Å². The summed E-state index contributed by atoms with van der Waals surface area (Å²) in [4.78, 5) is 11.9. The molecule has 0 spiro atoms. The first-order valence-electron chi connectivity index (χ1n) is 7.35. The number of anilines is 1. The molecule has 0 bridgehead atoms. The van der Waals surface area contributed by atoms with E-state index in [4.69, 9.17) is 10.5 Å². The Hall–Kier alpha value is -1.71. The number of amides is 1. The predicted molar refractivity (Wildman–Crippen MR) is 80.8 cm³/mol. The molecule has 0 aromatic heterocycles. The van der Waals surface area contributed by atoms with Crippen molar-refractivity contribution in [3.63, 3.8) is 0 Å². The molecule has 0 radical (unpaired) electrons. The summed E-state index contributed by atoms with van der Waals surface area (Å²) in [5, 5.41) is 3.05. The number of hydrogen-bond donors (Lipinski definition) is 2. The lowest BCUT2D eigenvalue weighted by atomic mass is 9.95. The van der Waals surface area contributed by atoms with Crippen molar-refractivity contribution in [1.29, 1.82) is 0 Å². The normalized spacial score (nSPS) is 15.9. The van der Waals surface area contributed by atoms with E-state index in [1.54, 1.807) is 0 Å². The zero-order valence-corrected chi connectivity index (χ0v) is 12.4. The zero-order valence-electron chi connectivity index (χ0n) is 12.4. The minimum Gasteiger partial charge on any atom is -0.483 e. The van der Waals surface area contributed by atoms with Crippen LogP contribution in [0.3, 0.4) is 0 Å². The van der Waals surface area contributed by atoms with Crippen LogP contribution < -0.4 is 15.8 Å². The summed E-state index contributed by atoms with van der Waals surface area (Å²) in [5.74, 6) is 0.727. The number of aryl methyl sites for hydroxylation is 2. The van der Waals surface area contributed by atoms with Crippen LogP contribution in [0.2, 0.25) is 0 Å². The molecule has 1 aliphatic rings. The molecule has 0 aliphatic heterocycles. The van der Waals surface area contributed by atoms with Gasteiger partial charge in [0.25, 0.3) is 5.91 Å². The monoisotopic (exact) mass is 276 g/mol. The Morgan fingerprint density at radius 1 is 1.25 bits per heavy atom. The highest BCUT2D eigenvalue weighted by atomic mass is 16.5. The number of nitrogen functional groups attached to an aromatic ring is 1. The molecule has 0 heterocycles. The van der Waals surface area contributed by atoms with Crippen LogP contribution in [0.25, 0.3) is 0 Å². The van der Waals surface area contributed by atoms with Gasteiger partial charge in [-0.25, -0.2) is 0 Å². The molecule has 1 aliphatic carbocycles. The fraction of sp³-hybridized carbons (Fsp3) is 0.562. The average molecular weight is 276 g/mol. The Balaban J connectivity index is 1.87. The number of hydrogen-bond acceptors (Lipinski definition) is 3. The molecule has 0 unspecified atom stereocenters. The molecular weight excluding hydrogens is 252 g/mol. The third kappa shape index (κ3) is 3.89. The van der Waals surface area contributed by atoms with E-state index in [2.05, 4.69) is 5.32 Å². The topological polar surface area (TPSA) is 64.3 Å². The molecule has 4 nitrogen and oxygen atoms in total. The lowest BCUT2D eigenvalue weighted by molar-refractivity contribution is -0.124. The Bertz CT molecular complexity index is 456. The van der Waals surface area contributed by atoms with E-state index in [0.29, 0.717) is 6.04 Å². The van der Waals surface area contributed by atoms with Crippen LogP contribution in [-0.4, -0.2) is 18.6 Å². The second-order valence-electron chi connectivity index (χ2n) is 5.67. The Morgan fingerprint density at radius 3 is 2.45 bits per heavy atom. The highest BCUT2D eigenvalue weighted by Gasteiger charge is 2.16. The quantitative estimate of drug-likeness (QED) is 0.831. The first kappa shape index (κ1) is 14.7. The average Bonchev–Trinajstić information content (AvgIpc) is 2.38. The number of rotatable bonds is 4. The van der Waals surface area contributed by atoms with Crippen molar-refractivity contribution in [3.05, 3.63) is 23.3 Å². The van der Waals surface area contributed by atoms with Gasteiger partial charge in [-0.1, -0.05) is 19.3 Å². The summed E-state index contributed by atoms with van der Waals surface area (Å²) in [7, 11) is 0. The van der Waals surface area contributed by atoms with Crippen LogP contribution in [0.15, 0.2) is 12.1 Å². The number of benzene rings is 1. The van der Waals surface area contributed by atoms with Crippen molar-refractivity contribution < 1.29 is 9.53 Å². The number of nitrogens with one attached hydrogen (secondary N) is 1. The van der Waals surface area contributed by atoms with E-state index >= 15 is 0 Å². The van der Waals surface area contributed by atoms with Crippen molar-refractivity contribution in [2.75, 3.05) is 12.3 Å². The van der Waals surface area contributed by atoms with Crippen LogP contribution in [0, 0.1) is 13.8 Å². The summed E-state index contributed by atoms with van der Waals surface area (Å²) < 4.78 is 5.66. The van der Waals surface area contributed by atoms with Crippen LogP contribution >= 0.6 is 0 Å².